The number of amides is 1. The average molecular weight is 421 g/mol. The summed E-state index contributed by atoms with van der Waals surface area (Å²) in [6.45, 7) is 0.205. The summed E-state index contributed by atoms with van der Waals surface area (Å²) in [5.41, 5.74) is -0.421. The SMILES string of the molecule is CS(=O)CCCNC(=O)c1cc(S(=O)(=O)Cl)c(Br)cc1F. The van der Waals surface area contributed by atoms with E-state index >= 15 is 0 Å². The molecule has 10 heteroatoms. The standard InChI is InChI=1S/C11H12BrClFNO4S2/c1-20(17)4-2-3-15-11(16)7-5-10(21(13,18)19)8(12)6-9(7)14/h5-6H,2-4H2,1H3,(H,15,16). The van der Waals surface area contributed by atoms with Crippen molar-refractivity contribution in [2.24, 2.45) is 0 Å². The zero-order valence-electron chi connectivity index (χ0n) is 10.9. The van der Waals surface area contributed by atoms with Crippen LogP contribution in [-0.4, -0.2) is 37.1 Å². The van der Waals surface area contributed by atoms with Gasteiger partial charge in [0.25, 0.3) is 15.0 Å². The molecule has 0 spiro atoms. The predicted molar refractivity (Wildman–Crippen MR) is 83.0 cm³/mol. The van der Waals surface area contributed by atoms with Crippen LogP contribution in [0.15, 0.2) is 21.5 Å². The molecular formula is C11H12BrClFNO4S2. The van der Waals surface area contributed by atoms with E-state index in [0.29, 0.717) is 12.2 Å². The topological polar surface area (TPSA) is 80.3 Å². The molecule has 21 heavy (non-hydrogen) atoms. The van der Waals surface area contributed by atoms with E-state index in [4.69, 9.17) is 10.7 Å². The average Bonchev–Trinajstić information content (AvgIpc) is 2.32. The van der Waals surface area contributed by atoms with Crippen LogP contribution in [0.1, 0.15) is 16.8 Å². The third kappa shape index (κ3) is 5.65. The maximum absolute atomic E-state index is 13.7. The van der Waals surface area contributed by atoms with Crippen molar-refractivity contribution in [3.8, 4) is 0 Å². The minimum Gasteiger partial charge on any atom is -0.352 e. The molecule has 0 fully saturated rings. The number of hydrogen-bond donors (Lipinski definition) is 1. The van der Waals surface area contributed by atoms with E-state index in [1.54, 1.807) is 0 Å². The molecule has 0 aromatic heterocycles. The lowest BCUT2D eigenvalue weighted by Crippen LogP contribution is -2.26. The first-order valence-corrected chi connectivity index (χ1v) is 10.5. The van der Waals surface area contributed by atoms with Crippen LogP contribution in [0.4, 0.5) is 4.39 Å². The van der Waals surface area contributed by atoms with Gasteiger partial charge in [-0.25, -0.2) is 12.8 Å². The normalized spacial score (nSPS) is 13.0. The van der Waals surface area contributed by atoms with Crippen LogP contribution < -0.4 is 5.32 Å². The first-order valence-electron chi connectivity index (χ1n) is 5.65. The highest BCUT2D eigenvalue weighted by Crippen LogP contribution is 2.28. The molecule has 0 bridgehead atoms. The number of nitrogens with one attached hydrogen (secondary N) is 1. The highest BCUT2D eigenvalue weighted by molar-refractivity contribution is 9.10. The maximum atomic E-state index is 13.7. The number of rotatable bonds is 6. The molecule has 1 aromatic carbocycles. The molecule has 1 N–H and O–H groups in total. The van der Waals surface area contributed by atoms with E-state index in [-0.39, 0.29) is 15.9 Å². The van der Waals surface area contributed by atoms with Gasteiger partial charge in [-0.1, -0.05) is 0 Å². The molecule has 0 aliphatic carbocycles. The van der Waals surface area contributed by atoms with Crippen molar-refractivity contribution >= 4 is 52.4 Å². The Morgan fingerprint density at radius 1 is 1.48 bits per heavy atom. The van der Waals surface area contributed by atoms with Gasteiger partial charge < -0.3 is 5.32 Å². The number of benzene rings is 1. The molecule has 1 amide bonds. The van der Waals surface area contributed by atoms with Gasteiger partial charge in [0.15, 0.2) is 0 Å². The van der Waals surface area contributed by atoms with Crippen LogP contribution in [0.3, 0.4) is 0 Å². The molecule has 1 rings (SSSR count). The molecule has 5 nitrogen and oxygen atoms in total. The Morgan fingerprint density at radius 3 is 2.62 bits per heavy atom. The highest BCUT2D eigenvalue weighted by atomic mass is 79.9. The summed E-state index contributed by atoms with van der Waals surface area (Å²) in [5, 5.41) is 2.43. The largest absolute Gasteiger partial charge is 0.352 e. The van der Waals surface area contributed by atoms with Crippen molar-refractivity contribution in [1.29, 1.82) is 0 Å². The van der Waals surface area contributed by atoms with Gasteiger partial charge in [0.1, 0.15) is 5.82 Å². The number of hydrogen-bond acceptors (Lipinski definition) is 4. The molecule has 0 radical (unpaired) electrons. The van der Waals surface area contributed by atoms with Gasteiger partial charge in [-0.15, -0.1) is 0 Å². The van der Waals surface area contributed by atoms with Crippen molar-refractivity contribution in [2.45, 2.75) is 11.3 Å². The third-order valence-electron chi connectivity index (χ3n) is 2.42. The summed E-state index contributed by atoms with van der Waals surface area (Å²) in [4.78, 5) is 11.4. The van der Waals surface area contributed by atoms with Crippen LogP contribution in [-0.2, 0) is 19.9 Å². The smallest absolute Gasteiger partial charge is 0.262 e. The molecule has 0 aliphatic heterocycles. The summed E-state index contributed by atoms with van der Waals surface area (Å²) in [5.74, 6) is -1.23. The van der Waals surface area contributed by atoms with Crippen molar-refractivity contribution in [2.75, 3.05) is 18.6 Å². The van der Waals surface area contributed by atoms with Gasteiger partial charge in [-0.3, -0.25) is 9.00 Å². The summed E-state index contributed by atoms with van der Waals surface area (Å²) >= 11 is 2.88. The second-order valence-electron chi connectivity index (χ2n) is 4.09. The van der Waals surface area contributed by atoms with Crippen LogP contribution in [0.2, 0.25) is 0 Å². The zero-order valence-corrected chi connectivity index (χ0v) is 14.8. The summed E-state index contributed by atoms with van der Waals surface area (Å²) in [6.07, 6.45) is 2.00. The van der Waals surface area contributed by atoms with Crippen LogP contribution in [0, 0.1) is 5.82 Å². The van der Waals surface area contributed by atoms with E-state index in [0.717, 1.165) is 12.1 Å². The molecule has 118 valence electrons. The highest BCUT2D eigenvalue weighted by Gasteiger charge is 2.21. The monoisotopic (exact) mass is 419 g/mol. The third-order valence-corrected chi connectivity index (χ3v) is 5.57. The molecule has 1 aromatic rings. The molecule has 0 heterocycles. The second kappa shape index (κ2) is 7.66. The fourth-order valence-electron chi connectivity index (χ4n) is 1.46. The van der Waals surface area contributed by atoms with E-state index in [1.165, 1.54) is 6.26 Å². The minimum atomic E-state index is -4.10. The van der Waals surface area contributed by atoms with Crippen molar-refractivity contribution in [3.05, 3.63) is 28.0 Å². The fraction of sp³-hybridized carbons (Fsp3) is 0.364. The first kappa shape index (κ1) is 18.5. The van der Waals surface area contributed by atoms with E-state index in [2.05, 4.69) is 21.2 Å². The molecule has 0 aliphatic rings. The Labute approximate surface area is 137 Å². The first-order chi connectivity index (χ1) is 9.62. The van der Waals surface area contributed by atoms with Gasteiger partial charge in [0, 0.05) is 44.5 Å². The Bertz CT molecular complexity index is 681. The lowest BCUT2D eigenvalue weighted by molar-refractivity contribution is 0.0949. The summed E-state index contributed by atoms with van der Waals surface area (Å²) in [6, 6.07) is 1.74. The molecule has 1 atom stereocenters. The zero-order chi connectivity index (χ0) is 16.2. The molecular weight excluding hydrogens is 409 g/mol. The molecule has 0 saturated heterocycles. The van der Waals surface area contributed by atoms with Gasteiger partial charge >= 0.3 is 0 Å². The number of carbonyl (C=O) groups is 1. The van der Waals surface area contributed by atoms with Gasteiger partial charge in [0.05, 0.1) is 10.5 Å². The van der Waals surface area contributed by atoms with Crippen LogP contribution in [0.5, 0.6) is 0 Å². The Morgan fingerprint density at radius 2 is 2.10 bits per heavy atom. The lowest BCUT2D eigenvalue weighted by atomic mass is 10.2. The molecule has 1 unspecified atom stereocenters. The Hall–Kier alpha value is -0.510. The van der Waals surface area contributed by atoms with E-state index in [9.17, 15) is 21.8 Å². The summed E-state index contributed by atoms with van der Waals surface area (Å²) < 4.78 is 47.2. The van der Waals surface area contributed by atoms with Crippen molar-refractivity contribution in [1.82, 2.24) is 5.32 Å². The Balaban J connectivity index is 2.92. The van der Waals surface area contributed by atoms with E-state index in [1.807, 2.05) is 0 Å². The van der Waals surface area contributed by atoms with Crippen LogP contribution in [0.25, 0.3) is 0 Å². The van der Waals surface area contributed by atoms with Crippen molar-refractivity contribution in [3.63, 3.8) is 0 Å². The van der Waals surface area contributed by atoms with Gasteiger partial charge in [0.2, 0.25) is 0 Å². The van der Waals surface area contributed by atoms with E-state index < -0.39 is 37.1 Å². The van der Waals surface area contributed by atoms with Gasteiger partial charge in [-0.05, 0) is 34.5 Å². The van der Waals surface area contributed by atoms with Crippen molar-refractivity contribution < 1.29 is 21.8 Å². The quantitative estimate of drug-likeness (QED) is 0.564. The minimum absolute atomic E-state index is 0.0621. The molecule has 0 saturated carbocycles. The summed E-state index contributed by atoms with van der Waals surface area (Å²) in [7, 11) is 0.128. The predicted octanol–water partition coefficient (Wildman–Crippen LogP) is 2.01. The van der Waals surface area contributed by atoms with Gasteiger partial charge in [-0.2, -0.15) is 0 Å². The fourth-order valence-corrected chi connectivity index (χ4v) is 4.18. The number of carbonyl (C=O) groups excluding carboxylic acids is 1. The second-order valence-corrected chi connectivity index (χ2v) is 9.03. The van der Waals surface area contributed by atoms with Crippen LogP contribution >= 0.6 is 26.6 Å². The Kier molecular flexibility index (Phi) is 6.76. The number of halogens is 3. The lowest BCUT2D eigenvalue weighted by Gasteiger charge is -2.08. The maximum Gasteiger partial charge on any atom is 0.262 e.